The number of rotatable bonds is 15. The Hall–Kier alpha value is -1.12. The van der Waals surface area contributed by atoms with Gasteiger partial charge in [-0.25, -0.2) is 0 Å². The van der Waals surface area contributed by atoms with E-state index in [0.29, 0.717) is 18.3 Å². The number of unbranched alkanes of at least 4 members (excludes halogenated alkanes) is 1. The summed E-state index contributed by atoms with van der Waals surface area (Å²) in [6.45, 7) is 13.0. The second-order valence-electron chi connectivity index (χ2n) is 13.4. The molecule has 0 aliphatic heterocycles. The quantitative estimate of drug-likeness (QED) is 0.139. The first-order chi connectivity index (χ1) is 17.3. The number of hydrogen-bond donors (Lipinski definition) is 1. The number of carbonyl (C=O) groups is 2. The van der Waals surface area contributed by atoms with Crippen molar-refractivity contribution in [3.63, 3.8) is 0 Å². The van der Waals surface area contributed by atoms with Crippen molar-refractivity contribution >= 4 is 12.2 Å². The summed E-state index contributed by atoms with van der Waals surface area (Å²) < 4.78 is 0. The smallest absolute Gasteiger partial charge is 0.220 e. The van der Waals surface area contributed by atoms with Gasteiger partial charge in [0.25, 0.3) is 0 Å². The predicted molar refractivity (Wildman–Crippen MR) is 152 cm³/mol. The van der Waals surface area contributed by atoms with Crippen molar-refractivity contribution in [2.24, 2.45) is 46.8 Å². The minimum atomic E-state index is 0.0125. The molecule has 0 aromatic carbocycles. The first kappa shape index (κ1) is 29.4. The van der Waals surface area contributed by atoms with Crippen LogP contribution < -0.4 is 5.32 Å². The van der Waals surface area contributed by atoms with E-state index in [2.05, 4.69) is 46.0 Å². The Bertz CT molecular complexity index is 727. The van der Waals surface area contributed by atoms with Crippen molar-refractivity contribution in [3.8, 4) is 0 Å². The summed E-state index contributed by atoms with van der Waals surface area (Å²) in [7, 11) is 0. The third-order valence-corrected chi connectivity index (χ3v) is 10.6. The fraction of sp³-hybridized carbons (Fsp3) is 0.879. The van der Waals surface area contributed by atoms with E-state index in [4.69, 9.17) is 0 Å². The van der Waals surface area contributed by atoms with E-state index in [1.54, 1.807) is 5.57 Å². The molecule has 3 aliphatic carbocycles. The van der Waals surface area contributed by atoms with E-state index in [1.165, 1.54) is 70.6 Å². The zero-order chi connectivity index (χ0) is 26.1. The molecule has 3 rings (SSSR count). The Morgan fingerprint density at radius 1 is 1.06 bits per heavy atom. The van der Waals surface area contributed by atoms with Gasteiger partial charge < -0.3 is 10.1 Å². The standard InChI is InChI=1S/C33H57NO2/c1-6-21-33(5)26(13-7-8-22-34-32(36)14-10-23-35)15-16-30-29-18-17-27(28(29)19-20-31(30)33)25(4)12-9-11-24(2)3/h15,23-25,27-31H,6-14,16-22H2,1-5H3,(H,34,36)/t25?,27?,28?,29?,30?,31?,33-/m0/s1. The third-order valence-electron chi connectivity index (χ3n) is 10.6. The van der Waals surface area contributed by atoms with Crippen molar-refractivity contribution in [1.29, 1.82) is 0 Å². The molecule has 206 valence electrons. The van der Waals surface area contributed by atoms with Crippen LogP contribution in [0.2, 0.25) is 0 Å². The molecule has 3 heteroatoms. The molecule has 3 aliphatic rings. The zero-order valence-corrected chi connectivity index (χ0v) is 24.3. The van der Waals surface area contributed by atoms with E-state index in [0.717, 1.165) is 67.1 Å². The van der Waals surface area contributed by atoms with Gasteiger partial charge in [-0.05, 0) is 105 Å². The van der Waals surface area contributed by atoms with Crippen LogP contribution in [0.5, 0.6) is 0 Å². The molecule has 6 unspecified atom stereocenters. The van der Waals surface area contributed by atoms with Crippen LogP contribution in [-0.4, -0.2) is 18.7 Å². The number of carbonyl (C=O) groups excluding carboxylic acids is 2. The minimum absolute atomic E-state index is 0.0125. The Labute approximate surface area is 223 Å². The average Bonchev–Trinajstić information content (AvgIpc) is 3.28. The van der Waals surface area contributed by atoms with Crippen LogP contribution >= 0.6 is 0 Å². The van der Waals surface area contributed by atoms with Crippen LogP contribution in [0.15, 0.2) is 11.6 Å². The van der Waals surface area contributed by atoms with Crippen molar-refractivity contribution in [1.82, 2.24) is 5.32 Å². The van der Waals surface area contributed by atoms with Gasteiger partial charge in [-0.2, -0.15) is 0 Å². The van der Waals surface area contributed by atoms with Gasteiger partial charge in [0.2, 0.25) is 5.91 Å². The molecule has 0 aromatic heterocycles. The lowest BCUT2D eigenvalue weighted by Gasteiger charge is -2.54. The molecule has 0 bridgehead atoms. The third kappa shape index (κ3) is 7.25. The molecule has 3 nitrogen and oxygen atoms in total. The highest BCUT2D eigenvalue weighted by Gasteiger charge is 2.53. The van der Waals surface area contributed by atoms with Gasteiger partial charge in [0.05, 0.1) is 0 Å². The van der Waals surface area contributed by atoms with E-state index >= 15 is 0 Å². The predicted octanol–water partition coefficient (Wildman–Crippen LogP) is 8.52. The van der Waals surface area contributed by atoms with Crippen molar-refractivity contribution in [2.45, 2.75) is 131 Å². The Kier molecular flexibility index (Phi) is 11.6. The number of aldehydes is 1. The summed E-state index contributed by atoms with van der Waals surface area (Å²) in [5.74, 6) is 6.49. The summed E-state index contributed by atoms with van der Waals surface area (Å²) in [6.07, 6.45) is 21.6. The maximum Gasteiger partial charge on any atom is 0.220 e. The fourth-order valence-electron chi connectivity index (χ4n) is 8.82. The van der Waals surface area contributed by atoms with Crippen LogP contribution in [0.25, 0.3) is 0 Å². The lowest BCUT2D eigenvalue weighted by Crippen LogP contribution is -2.45. The Morgan fingerprint density at radius 2 is 1.83 bits per heavy atom. The van der Waals surface area contributed by atoms with Gasteiger partial charge in [0.1, 0.15) is 6.29 Å². The minimum Gasteiger partial charge on any atom is -0.356 e. The first-order valence-corrected chi connectivity index (χ1v) is 15.7. The second-order valence-corrected chi connectivity index (χ2v) is 13.4. The van der Waals surface area contributed by atoms with Gasteiger partial charge in [0.15, 0.2) is 0 Å². The monoisotopic (exact) mass is 499 g/mol. The van der Waals surface area contributed by atoms with E-state index in [-0.39, 0.29) is 5.91 Å². The molecule has 2 saturated carbocycles. The highest BCUT2D eigenvalue weighted by Crippen LogP contribution is 2.62. The normalized spacial score (nSPS) is 32.5. The van der Waals surface area contributed by atoms with Crippen molar-refractivity contribution < 1.29 is 9.59 Å². The first-order valence-electron chi connectivity index (χ1n) is 15.7. The lowest BCUT2D eigenvalue weighted by atomic mass is 9.51. The molecule has 0 saturated heterocycles. The van der Waals surface area contributed by atoms with E-state index in [9.17, 15) is 9.59 Å². The van der Waals surface area contributed by atoms with Gasteiger partial charge in [-0.1, -0.05) is 72.0 Å². The maximum atomic E-state index is 11.8. The van der Waals surface area contributed by atoms with Crippen LogP contribution in [0.3, 0.4) is 0 Å². The number of amides is 1. The van der Waals surface area contributed by atoms with Crippen molar-refractivity contribution in [2.75, 3.05) is 6.54 Å². The lowest BCUT2D eigenvalue weighted by molar-refractivity contribution is -0.122. The summed E-state index contributed by atoms with van der Waals surface area (Å²) in [5, 5.41) is 2.99. The second kappa shape index (κ2) is 14.1. The fourth-order valence-corrected chi connectivity index (χ4v) is 8.82. The molecule has 1 amide bonds. The van der Waals surface area contributed by atoms with Crippen LogP contribution in [0.1, 0.15) is 131 Å². The van der Waals surface area contributed by atoms with Crippen LogP contribution in [0, 0.1) is 46.8 Å². The average molecular weight is 500 g/mol. The summed E-state index contributed by atoms with van der Waals surface area (Å²) in [5.41, 5.74) is 2.10. The van der Waals surface area contributed by atoms with E-state index in [1.807, 2.05) is 0 Å². The molecule has 0 spiro atoms. The number of allylic oxidation sites excluding steroid dienone is 2. The summed E-state index contributed by atoms with van der Waals surface area (Å²) >= 11 is 0. The molecule has 0 radical (unpaired) electrons. The Morgan fingerprint density at radius 3 is 2.56 bits per heavy atom. The van der Waals surface area contributed by atoms with Crippen molar-refractivity contribution in [3.05, 3.63) is 11.6 Å². The maximum absolute atomic E-state index is 11.8. The van der Waals surface area contributed by atoms with Gasteiger partial charge in [0, 0.05) is 19.4 Å². The van der Waals surface area contributed by atoms with Gasteiger partial charge in [-0.15, -0.1) is 0 Å². The zero-order valence-electron chi connectivity index (χ0n) is 24.3. The SMILES string of the molecule is CCC[C@@]1(C)C(CCCCNC(=O)CCC=O)=CCC2C3CCC(C(C)CCCC(C)C)C3CCC21. The molecular weight excluding hydrogens is 442 g/mol. The molecule has 0 heterocycles. The summed E-state index contributed by atoms with van der Waals surface area (Å²) in [4.78, 5) is 22.2. The van der Waals surface area contributed by atoms with Crippen LogP contribution in [0.4, 0.5) is 0 Å². The number of nitrogens with one attached hydrogen (secondary N) is 1. The highest BCUT2D eigenvalue weighted by atomic mass is 16.1. The van der Waals surface area contributed by atoms with E-state index < -0.39 is 0 Å². The Balaban J connectivity index is 1.57. The highest BCUT2D eigenvalue weighted by molar-refractivity contribution is 5.77. The molecule has 1 N–H and O–H groups in total. The molecule has 36 heavy (non-hydrogen) atoms. The van der Waals surface area contributed by atoms with Crippen LogP contribution in [-0.2, 0) is 9.59 Å². The molecule has 7 atom stereocenters. The molecule has 2 fully saturated rings. The molecule has 0 aromatic rings. The van der Waals surface area contributed by atoms with Gasteiger partial charge in [-0.3, -0.25) is 4.79 Å². The topological polar surface area (TPSA) is 46.2 Å². The number of fused-ring (bicyclic) bond motifs is 3. The summed E-state index contributed by atoms with van der Waals surface area (Å²) in [6, 6.07) is 0. The largest absolute Gasteiger partial charge is 0.356 e. The number of hydrogen-bond acceptors (Lipinski definition) is 2. The molecular formula is C33H57NO2. The van der Waals surface area contributed by atoms with Gasteiger partial charge >= 0.3 is 0 Å².